The van der Waals surface area contributed by atoms with Crippen molar-refractivity contribution in [2.24, 2.45) is 0 Å². The van der Waals surface area contributed by atoms with Crippen molar-refractivity contribution in [1.82, 2.24) is 4.90 Å². The molecule has 2 aromatic carbocycles. The molecule has 0 aliphatic carbocycles. The Labute approximate surface area is 169 Å². The van der Waals surface area contributed by atoms with Gasteiger partial charge in [0, 0.05) is 48.5 Å². The van der Waals surface area contributed by atoms with Gasteiger partial charge < -0.3 is 20.7 Å². The average molecular weight is 396 g/mol. The molecule has 0 spiro atoms. The number of anilines is 3. The molecule has 0 atom stereocenters. The molecule has 2 heterocycles. The molecule has 0 bridgehead atoms. The maximum absolute atomic E-state index is 13.5. The maximum Gasteiger partial charge on any atom is 0.257 e. The Kier molecular flexibility index (Phi) is 6.07. The predicted molar refractivity (Wildman–Crippen MR) is 113 cm³/mol. The van der Waals surface area contributed by atoms with Gasteiger partial charge in [0.15, 0.2) is 0 Å². The minimum atomic E-state index is -0.366. The molecule has 152 valence electrons. The lowest BCUT2D eigenvalue weighted by Crippen LogP contribution is -2.37. The van der Waals surface area contributed by atoms with E-state index in [2.05, 4.69) is 20.9 Å². The van der Waals surface area contributed by atoms with E-state index in [9.17, 15) is 9.18 Å². The van der Waals surface area contributed by atoms with Crippen molar-refractivity contribution >= 4 is 28.5 Å². The molecule has 0 saturated carbocycles. The first-order chi connectivity index (χ1) is 14.2. The van der Waals surface area contributed by atoms with Gasteiger partial charge >= 0.3 is 0 Å². The molecule has 7 heteroatoms. The second kappa shape index (κ2) is 9.07. The molecule has 6 nitrogen and oxygen atoms in total. The number of carbonyl (C=O) groups is 1. The number of carbonyl (C=O) groups excluding carboxylic acids is 1. The Hall–Kier alpha value is -2.90. The second-order valence-corrected chi connectivity index (χ2v) is 7.16. The summed E-state index contributed by atoms with van der Waals surface area (Å²) in [7, 11) is 0. The normalized spacial score (nSPS) is 17.8. The quantitative estimate of drug-likeness (QED) is 0.495. The molecular weight excluding hydrogens is 371 g/mol. The van der Waals surface area contributed by atoms with Crippen molar-refractivity contribution in [2.75, 3.05) is 55.3 Å². The number of halogens is 1. The van der Waals surface area contributed by atoms with Crippen molar-refractivity contribution in [3.8, 4) is 0 Å². The number of nitrogens with zero attached hydrogens (tertiary/aromatic N) is 1. The van der Waals surface area contributed by atoms with Gasteiger partial charge in [0.2, 0.25) is 0 Å². The van der Waals surface area contributed by atoms with Crippen LogP contribution in [-0.2, 0) is 9.53 Å². The molecular formula is C22H25FN4O2. The highest BCUT2D eigenvalue weighted by Gasteiger charge is 2.24. The van der Waals surface area contributed by atoms with Gasteiger partial charge in [-0.25, -0.2) is 4.39 Å². The molecule has 2 aliphatic rings. The van der Waals surface area contributed by atoms with Gasteiger partial charge in [-0.05, 0) is 55.4 Å². The largest absolute Gasteiger partial charge is 0.385 e. The number of rotatable bonds is 7. The van der Waals surface area contributed by atoms with E-state index in [1.54, 1.807) is 12.3 Å². The summed E-state index contributed by atoms with van der Waals surface area (Å²) in [6, 6.07) is 12.2. The average Bonchev–Trinajstić information content (AvgIpc) is 3.05. The first-order valence-corrected chi connectivity index (χ1v) is 9.91. The number of benzene rings is 2. The van der Waals surface area contributed by atoms with Crippen molar-refractivity contribution in [2.45, 2.75) is 6.42 Å². The Bertz CT molecular complexity index is 892. The number of nitrogens with one attached hydrogen (secondary N) is 3. The number of morpholine rings is 1. The Balaban J connectivity index is 1.28. The zero-order chi connectivity index (χ0) is 20.1. The highest BCUT2D eigenvalue weighted by molar-refractivity contribution is 6.31. The molecule has 4 rings (SSSR count). The topological polar surface area (TPSA) is 65.6 Å². The number of hydrogen-bond acceptors (Lipinski definition) is 5. The fraction of sp³-hybridized carbons (Fsp3) is 0.318. The summed E-state index contributed by atoms with van der Waals surface area (Å²) in [6.45, 7) is 5.70. The van der Waals surface area contributed by atoms with E-state index in [1.807, 2.05) is 24.3 Å². The van der Waals surface area contributed by atoms with Crippen LogP contribution >= 0.6 is 0 Å². The lowest BCUT2D eigenvalue weighted by atomic mass is 10.1. The molecule has 3 N–H and O–H groups in total. The van der Waals surface area contributed by atoms with Crippen LogP contribution in [0.3, 0.4) is 0 Å². The molecule has 0 unspecified atom stereocenters. The van der Waals surface area contributed by atoms with E-state index >= 15 is 0 Å². The van der Waals surface area contributed by atoms with Crippen molar-refractivity contribution < 1.29 is 13.9 Å². The Morgan fingerprint density at radius 1 is 1.10 bits per heavy atom. The second-order valence-electron chi connectivity index (χ2n) is 7.16. The van der Waals surface area contributed by atoms with E-state index in [1.165, 1.54) is 12.1 Å². The summed E-state index contributed by atoms with van der Waals surface area (Å²) in [5.74, 6) is -0.605. The van der Waals surface area contributed by atoms with Gasteiger partial charge in [-0.15, -0.1) is 0 Å². The number of hydrogen-bond donors (Lipinski definition) is 3. The summed E-state index contributed by atoms with van der Waals surface area (Å²) in [5.41, 5.74) is 3.53. The van der Waals surface area contributed by atoms with Crippen molar-refractivity contribution in [3.63, 3.8) is 0 Å². The lowest BCUT2D eigenvalue weighted by Gasteiger charge is -2.26. The smallest absolute Gasteiger partial charge is 0.257 e. The van der Waals surface area contributed by atoms with Gasteiger partial charge in [0.25, 0.3) is 5.91 Å². The third-order valence-electron chi connectivity index (χ3n) is 5.12. The molecule has 2 aliphatic heterocycles. The van der Waals surface area contributed by atoms with Crippen LogP contribution in [0.1, 0.15) is 12.0 Å². The Morgan fingerprint density at radius 3 is 2.66 bits per heavy atom. The fourth-order valence-electron chi connectivity index (χ4n) is 3.50. The van der Waals surface area contributed by atoms with Crippen LogP contribution in [0.5, 0.6) is 0 Å². The highest BCUT2D eigenvalue weighted by Crippen LogP contribution is 2.32. The van der Waals surface area contributed by atoms with Crippen LogP contribution in [0, 0.1) is 5.82 Å². The Morgan fingerprint density at radius 2 is 1.86 bits per heavy atom. The van der Waals surface area contributed by atoms with Gasteiger partial charge in [-0.2, -0.15) is 0 Å². The molecule has 29 heavy (non-hydrogen) atoms. The molecule has 2 aromatic rings. The molecule has 0 radical (unpaired) electrons. The summed E-state index contributed by atoms with van der Waals surface area (Å²) in [4.78, 5) is 14.5. The third-order valence-corrected chi connectivity index (χ3v) is 5.12. The predicted octanol–water partition coefficient (Wildman–Crippen LogP) is 3.37. The van der Waals surface area contributed by atoms with E-state index in [4.69, 9.17) is 4.74 Å². The van der Waals surface area contributed by atoms with Crippen LogP contribution in [0.2, 0.25) is 0 Å². The third kappa shape index (κ3) is 4.93. The standard InChI is InChI=1S/C22H25FN4O2/c23-16-2-7-21-19(14-16)20(22(28)26-21)15-25-18-5-3-17(4-6-18)24-8-1-9-27-10-12-29-13-11-27/h2-7,14-15,24-25H,1,8-13H2,(H,26,28)/b20-15-. The van der Waals surface area contributed by atoms with Gasteiger partial charge in [0.1, 0.15) is 5.82 Å². The van der Waals surface area contributed by atoms with Gasteiger partial charge in [0.05, 0.1) is 18.8 Å². The summed E-state index contributed by atoms with van der Waals surface area (Å²) in [6.07, 6.45) is 2.70. The molecule has 1 fully saturated rings. The van der Waals surface area contributed by atoms with E-state index in [0.717, 1.165) is 57.2 Å². The van der Waals surface area contributed by atoms with Crippen LogP contribution in [0.25, 0.3) is 5.57 Å². The summed E-state index contributed by atoms with van der Waals surface area (Å²) in [5, 5.41) is 9.29. The van der Waals surface area contributed by atoms with Crippen molar-refractivity contribution in [1.29, 1.82) is 0 Å². The summed E-state index contributed by atoms with van der Waals surface area (Å²) < 4.78 is 18.9. The van der Waals surface area contributed by atoms with Gasteiger partial charge in [-0.3, -0.25) is 9.69 Å². The van der Waals surface area contributed by atoms with Crippen LogP contribution in [0.4, 0.5) is 21.5 Å². The van der Waals surface area contributed by atoms with E-state index < -0.39 is 0 Å². The van der Waals surface area contributed by atoms with E-state index in [-0.39, 0.29) is 11.7 Å². The van der Waals surface area contributed by atoms with Crippen LogP contribution in [-0.4, -0.2) is 50.2 Å². The molecule has 1 amide bonds. The van der Waals surface area contributed by atoms with Crippen LogP contribution in [0.15, 0.2) is 48.7 Å². The first kappa shape index (κ1) is 19.4. The first-order valence-electron chi connectivity index (χ1n) is 9.91. The minimum absolute atomic E-state index is 0.239. The van der Waals surface area contributed by atoms with Gasteiger partial charge in [-0.1, -0.05) is 0 Å². The maximum atomic E-state index is 13.5. The molecule has 1 saturated heterocycles. The lowest BCUT2D eigenvalue weighted by molar-refractivity contribution is -0.110. The number of fused-ring (bicyclic) bond motifs is 1. The summed E-state index contributed by atoms with van der Waals surface area (Å²) >= 11 is 0. The zero-order valence-electron chi connectivity index (χ0n) is 16.2. The fourth-order valence-corrected chi connectivity index (χ4v) is 3.50. The minimum Gasteiger partial charge on any atom is -0.385 e. The number of amides is 1. The molecule has 0 aromatic heterocycles. The van der Waals surface area contributed by atoms with E-state index in [0.29, 0.717) is 16.8 Å². The highest BCUT2D eigenvalue weighted by atomic mass is 19.1. The van der Waals surface area contributed by atoms with Crippen LogP contribution < -0.4 is 16.0 Å². The SMILES string of the molecule is O=C1Nc2ccc(F)cc2/C1=C/Nc1ccc(NCCCN2CCOCC2)cc1. The zero-order valence-corrected chi connectivity index (χ0v) is 16.2. The monoisotopic (exact) mass is 396 g/mol. The number of ether oxygens (including phenoxy) is 1. The van der Waals surface area contributed by atoms with Crippen molar-refractivity contribution in [3.05, 3.63) is 60.0 Å².